The first-order chi connectivity index (χ1) is 9.54. The molecule has 0 unspecified atom stereocenters. The van der Waals surface area contributed by atoms with Gasteiger partial charge in [-0.2, -0.15) is 0 Å². The number of hydrogen-bond acceptors (Lipinski definition) is 4. The van der Waals surface area contributed by atoms with Crippen molar-refractivity contribution < 1.29 is 18.3 Å². The summed E-state index contributed by atoms with van der Waals surface area (Å²) in [7, 11) is -3.60. The Bertz CT molecular complexity index is 591. The molecule has 1 amide bonds. The van der Waals surface area contributed by atoms with Crippen molar-refractivity contribution in [1.82, 2.24) is 4.90 Å². The summed E-state index contributed by atoms with van der Waals surface area (Å²) in [6.45, 7) is 0.112. The maximum Gasteiger partial charge on any atom is 0.247 e. The lowest BCUT2D eigenvalue weighted by molar-refractivity contribution is -0.127. The number of rotatable bonds is 6. The molecule has 0 heterocycles. The fourth-order valence-corrected chi connectivity index (χ4v) is 2.89. The first-order valence-electron chi connectivity index (χ1n) is 6.44. The molecule has 108 valence electrons. The smallest absolute Gasteiger partial charge is 0.247 e. The predicted octanol–water partition coefficient (Wildman–Crippen LogP) is 0.957. The van der Waals surface area contributed by atoms with Crippen molar-refractivity contribution >= 4 is 15.7 Å². The summed E-state index contributed by atoms with van der Waals surface area (Å²) in [5.74, 6) is -0.374. The number of nitrogens with zero attached hydrogens (tertiary/aromatic N) is 1. The molecule has 0 aromatic heterocycles. The van der Waals surface area contributed by atoms with Crippen molar-refractivity contribution in [2.45, 2.75) is 23.8 Å². The van der Waals surface area contributed by atoms with Gasteiger partial charge >= 0.3 is 0 Å². The zero-order valence-corrected chi connectivity index (χ0v) is 11.8. The van der Waals surface area contributed by atoms with Crippen molar-refractivity contribution in [2.75, 3.05) is 13.2 Å². The van der Waals surface area contributed by atoms with E-state index in [1.54, 1.807) is 18.2 Å². The number of hydrogen-bond donors (Lipinski definition) is 1. The number of carbonyl (C=O) groups excluding carboxylic acids is 1. The minimum absolute atomic E-state index is 0.123. The van der Waals surface area contributed by atoms with Crippen LogP contribution in [0.3, 0.4) is 0 Å². The lowest BCUT2D eigenvalue weighted by atomic mass is 10.4. The Morgan fingerprint density at radius 2 is 1.95 bits per heavy atom. The van der Waals surface area contributed by atoms with Gasteiger partial charge in [0.1, 0.15) is 0 Å². The second-order valence-corrected chi connectivity index (χ2v) is 6.48. The van der Waals surface area contributed by atoms with Gasteiger partial charge in [0.05, 0.1) is 11.5 Å². The highest BCUT2D eigenvalue weighted by atomic mass is 32.2. The molecule has 0 aliphatic heterocycles. The summed E-state index contributed by atoms with van der Waals surface area (Å²) < 4.78 is 24.0. The van der Waals surface area contributed by atoms with Gasteiger partial charge in [-0.25, -0.2) is 8.42 Å². The van der Waals surface area contributed by atoms with Gasteiger partial charge in [-0.1, -0.05) is 18.2 Å². The largest absolute Gasteiger partial charge is 0.395 e. The third-order valence-electron chi connectivity index (χ3n) is 3.07. The lowest BCUT2D eigenvalue weighted by Gasteiger charge is -2.19. The SMILES string of the molecule is O=C(/C=C/S(=O)(=O)c1ccccc1)N(CCO)C1CC1. The van der Waals surface area contributed by atoms with Crippen LogP contribution in [0.4, 0.5) is 0 Å². The van der Waals surface area contributed by atoms with E-state index in [1.165, 1.54) is 17.0 Å². The number of aliphatic hydroxyl groups excluding tert-OH is 1. The van der Waals surface area contributed by atoms with Crippen LogP contribution in [-0.4, -0.2) is 43.5 Å². The summed E-state index contributed by atoms with van der Waals surface area (Å²) in [6, 6.07) is 8.09. The number of benzene rings is 1. The molecule has 6 heteroatoms. The molecular formula is C14H17NO4S. The van der Waals surface area contributed by atoms with Crippen LogP contribution in [0.1, 0.15) is 12.8 Å². The van der Waals surface area contributed by atoms with Gasteiger partial charge in [-0.3, -0.25) is 4.79 Å². The molecule has 0 radical (unpaired) electrons. The Morgan fingerprint density at radius 3 is 2.50 bits per heavy atom. The molecular weight excluding hydrogens is 278 g/mol. The minimum atomic E-state index is -3.60. The fourth-order valence-electron chi connectivity index (χ4n) is 1.90. The van der Waals surface area contributed by atoms with Crippen LogP contribution in [-0.2, 0) is 14.6 Å². The van der Waals surface area contributed by atoms with E-state index in [0.29, 0.717) is 0 Å². The number of aliphatic hydroxyl groups is 1. The highest BCUT2D eigenvalue weighted by molar-refractivity contribution is 7.94. The van der Waals surface area contributed by atoms with Crippen LogP contribution in [0.25, 0.3) is 0 Å². The molecule has 5 nitrogen and oxygen atoms in total. The highest BCUT2D eigenvalue weighted by Crippen LogP contribution is 2.26. The van der Waals surface area contributed by atoms with Gasteiger partial charge in [-0.05, 0) is 25.0 Å². The van der Waals surface area contributed by atoms with E-state index in [0.717, 1.165) is 24.3 Å². The third kappa shape index (κ3) is 3.68. The van der Waals surface area contributed by atoms with Crippen molar-refractivity contribution in [3.63, 3.8) is 0 Å². The van der Waals surface area contributed by atoms with Crippen LogP contribution in [0.5, 0.6) is 0 Å². The van der Waals surface area contributed by atoms with Gasteiger partial charge in [-0.15, -0.1) is 0 Å². The fraction of sp³-hybridized carbons (Fsp3) is 0.357. The maximum absolute atomic E-state index is 12.0. The molecule has 1 aromatic rings. The number of amides is 1. The summed E-state index contributed by atoms with van der Waals surface area (Å²) in [4.78, 5) is 13.6. The third-order valence-corrected chi connectivity index (χ3v) is 4.50. The van der Waals surface area contributed by atoms with Crippen LogP contribution < -0.4 is 0 Å². The van der Waals surface area contributed by atoms with E-state index < -0.39 is 9.84 Å². The Morgan fingerprint density at radius 1 is 1.30 bits per heavy atom. The summed E-state index contributed by atoms with van der Waals surface area (Å²) in [6.07, 6.45) is 2.88. The first-order valence-corrected chi connectivity index (χ1v) is 7.99. The van der Waals surface area contributed by atoms with Crippen LogP contribution in [0.15, 0.2) is 46.7 Å². The molecule has 1 aromatic carbocycles. The molecule has 0 bridgehead atoms. The summed E-state index contributed by atoms with van der Waals surface area (Å²) >= 11 is 0. The lowest BCUT2D eigenvalue weighted by Crippen LogP contribution is -2.34. The molecule has 1 aliphatic carbocycles. The van der Waals surface area contributed by atoms with Gasteiger partial charge in [0.2, 0.25) is 5.91 Å². The second kappa shape index (κ2) is 6.19. The van der Waals surface area contributed by atoms with E-state index in [2.05, 4.69) is 0 Å². The molecule has 20 heavy (non-hydrogen) atoms. The summed E-state index contributed by atoms with van der Waals surface area (Å²) in [5.41, 5.74) is 0. The van der Waals surface area contributed by atoms with Crippen LogP contribution in [0, 0.1) is 0 Å². The van der Waals surface area contributed by atoms with Crippen molar-refractivity contribution in [3.8, 4) is 0 Å². The highest BCUT2D eigenvalue weighted by Gasteiger charge is 2.31. The van der Waals surface area contributed by atoms with Crippen LogP contribution in [0.2, 0.25) is 0 Å². The molecule has 1 aliphatic rings. The molecule has 1 N–H and O–H groups in total. The Hall–Kier alpha value is -1.66. The Labute approximate surface area is 118 Å². The molecule has 0 spiro atoms. The Kier molecular flexibility index (Phi) is 4.57. The molecule has 2 rings (SSSR count). The average Bonchev–Trinajstić information content (AvgIpc) is 3.28. The standard InChI is InChI=1S/C14H17NO4S/c16-10-9-15(12-6-7-12)14(17)8-11-20(18,19)13-4-2-1-3-5-13/h1-5,8,11-12,16H,6-7,9-10H2/b11-8+. The normalized spacial score (nSPS) is 15.4. The van der Waals surface area contributed by atoms with Gasteiger partial charge in [0.25, 0.3) is 0 Å². The van der Waals surface area contributed by atoms with Gasteiger partial charge < -0.3 is 10.0 Å². The topological polar surface area (TPSA) is 74.7 Å². The first kappa shape index (κ1) is 14.7. The number of carbonyl (C=O) groups is 1. The van der Waals surface area contributed by atoms with E-state index in [-0.39, 0.29) is 30.0 Å². The maximum atomic E-state index is 12.0. The molecule has 0 atom stereocenters. The monoisotopic (exact) mass is 295 g/mol. The molecule has 1 saturated carbocycles. The zero-order chi connectivity index (χ0) is 14.6. The van der Waals surface area contributed by atoms with Gasteiger partial charge in [0.15, 0.2) is 9.84 Å². The summed E-state index contributed by atoms with van der Waals surface area (Å²) in [5, 5.41) is 9.86. The predicted molar refractivity (Wildman–Crippen MR) is 74.6 cm³/mol. The van der Waals surface area contributed by atoms with E-state index in [9.17, 15) is 13.2 Å². The zero-order valence-electron chi connectivity index (χ0n) is 11.0. The molecule has 0 saturated heterocycles. The minimum Gasteiger partial charge on any atom is -0.395 e. The van der Waals surface area contributed by atoms with Crippen molar-refractivity contribution in [1.29, 1.82) is 0 Å². The average molecular weight is 295 g/mol. The quantitative estimate of drug-likeness (QED) is 0.793. The van der Waals surface area contributed by atoms with E-state index >= 15 is 0 Å². The van der Waals surface area contributed by atoms with Gasteiger partial charge in [0, 0.05) is 24.1 Å². The second-order valence-electron chi connectivity index (χ2n) is 4.65. The Balaban J connectivity index is 2.10. The van der Waals surface area contributed by atoms with Crippen molar-refractivity contribution in [2.24, 2.45) is 0 Å². The van der Waals surface area contributed by atoms with E-state index in [1.807, 2.05) is 0 Å². The molecule has 1 fully saturated rings. The van der Waals surface area contributed by atoms with E-state index in [4.69, 9.17) is 5.11 Å². The number of sulfone groups is 1. The van der Waals surface area contributed by atoms with Crippen molar-refractivity contribution in [3.05, 3.63) is 41.8 Å². The van der Waals surface area contributed by atoms with Crippen LogP contribution >= 0.6 is 0 Å².